The maximum absolute atomic E-state index is 10.6. The second-order valence-corrected chi connectivity index (χ2v) is 5.29. The SMILES string of the molecule is CN1CCN(Cc2ccccc2)c2cc(NC=O)ccc21. The highest BCUT2D eigenvalue weighted by Crippen LogP contribution is 2.35. The van der Waals surface area contributed by atoms with Gasteiger partial charge in [0, 0.05) is 32.4 Å². The van der Waals surface area contributed by atoms with Gasteiger partial charge in [-0.25, -0.2) is 0 Å². The molecule has 1 heterocycles. The average molecular weight is 281 g/mol. The lowest BCUT2D eigenvalue weighted by molar-refractivity contribution is -0.105. The van der Waals surface area contributed by atoms with Crippen molar-refractivity contribution in [2.45, 2.75) is 6.54 Å². The van der Waals surface area contributed by atoms with E-state index >= 15 is 0 Å². The Balaban J connectivity index is 1.92. The number of hydrogen-bond acceptors (Lipinski definition) is 3. The molecule has 1 aliphatic rings. The first kappa shape index (κ1) is 13.5. The van der Waals surface area contributed by atoms with E-state index in [4.69, 9.17) is 0 Å². The molecule has 0 fully saturated rings. The molecule has 2 aromatic rings. The molecular formula is C17H19N3O. The Hall–Kier alpha value is -2.49. The molecule has 1 amide bonds. The van der Waals surface area contributed by atoms with E-state index < -0.39 is 0 Å². The zero-order chi connectivity index (χ0) is 14.7. The third-order valence-electron chi connectivity index (χ3n) is 3.87. The monoisotopic (exact) mass is 281 g/mol. The quantitative estimate of drug-likeness (QED) is 0.875. The number of benzene rings is 2. The van der Waals surface area contributed by atoms with Crippen LogP contribution in [0.3, 0.4) is 0 Å². The minimum atomic E-state index is 0.718. The van der Waals surface area contributed by atoms with E-state index in [-0.39, 0.29) is 0 Å². The van der Waals surface area contributed by atoms with Crippen molar-refractivity contribution in [2.24, 2.45) is 0 Å². The molecule has 0 bridgehead atoms. The molecule has 0 unspecified atom stereocenters. The number of carbonyl (C=O) groups excluding carboxylic acids is 1. The van der Waals surface area contributed by atoms with Crippen molar-refractivity contribution in [2.75, 3.05) is 35.3 Å². The maximum Gasteiger partial charge on any atom is 0.211 e. The van der Waals surface area contributed by atoms with Gasteiger partial charge in [-0.2, -0.15) is 0 Å². The largest absolute Gasteiger partial charge is 0.371 e. The molecule has 0 spiro atoms. The Morgan fingerprint density at radius 2 is 1.90 bits per heavy atom. The van der Waals surface area contributed by atoms with E-state index in [1.54, 1.807) is 0 Å². The molecule has 21 heavy (non-hydrogen) atoms. The van der Waals surface area contributed by atoms with Crippen LogP contribution in [0, 0.1) is 0 Å². The fourth-order valence-electron chi connectivity index (χ4n) is 2.74. The standard InChI is InChI=1S/C17H19N3O/c1-19-9-10-20(12-14-5-3-2-4-6-14)17-11-15(18-13-21)7-8-16(17)19/h2-8,11,13H,9-10,12H2,1H3,(H,18,21). The Morgan fingerprint density at radius 1 is 1.10 bits per heavy atom. The van der Waals surface area contributed by atoms with Crippen LogP contribution in [0.15, 0.2) is 48.5 Å². The summed E-state index contributed by atoms with van der Waals surface area (Å²) in [5.74, 6) is 0. The summed E-state index contributed by atoms with van der Waals surface area (Å²) in [5, 5.41) is 2.73. The fourth-order valence-corrected chi connectivity index (χ4v) is 2.74. The van der Waals surface area contributed by atoms with Crippen LogP contribution >= 0.6 is 0 Å². The lowest BCUT2D eigenvalue weighted by atomic mass is 10.1. The molecule has 4 heteroatoms. The minimum absolute atomic E-state index is 0.718. The van der Waals surface area contributed by atoms with Gasteiger partial charge in [0.05, 0.1) is 11.4 Å². The predicted molar refractivity (Wildman–Crippen MR) is 86.9 cm³/mol. The number of carbonyl (C=O) groups is 1. The fraction of sp³-hybridized carbons (Fsp3) is 0.235. The second-order valence-electron chi connectivity index (χ2n) is 5.29. The van der Waals surface area contributed by atoms with E-state index in [9.17, 15) is 4.79 Å². The second kappa shape index (κ2) is 5.87. The van der Waals surface area contributed by atoms with E-state index in [0.717, 1.165) is 31.7 Å². The number of nitrogens with one attached hydrogen (secondary N) is 1. The van der Waals surface area contributed by atoms with Crippen LogP contribution in [0.4, 0.5) is 17.1 Å². The van der Waals surface area contributed by atoms with Crippen molar-refractivity contribution in [3.63, 3.8) is 0 Å². The minimum Gasteiger partial charge on any atom is -0.371 e. The van der Waals surface area contributed by atoms with E-state index in [1.165, 1.54) is 16.9 Å². The van der Waals surface area contributed by atoms with E-state index in [2.05, 4.69) is 52.5 Å². The molecule has 0 saturated carbocycles. The van der Waals surface area contributed by atoms with Crippen LogP contribution in [0.2, 0.25) is 0 Å². The van der Waals surface area contributed by atoms with Gasteiger partial charge in [-0.3, -0.25) is 4.79 Å². The number of rotatable bonds is 4. The van der Waals surface area contributed by atoms with Crippen LogP contribution in [0.25, 0.3) is 0 Å². The van der Waals surface area contributed by atoms with E-state index in [0.29, 0.717) is 0 Å². The Morgan fingerprint density at radius 3 is 2.67 bits per heavy atom. The van der Waals surface area contributed by atoms with Crippen LogP contribution in [0.1, 0.15) is 5.56 Å². The van der Waals surface area contributed by atoms with Crippen molar-refractivity contribution in [1.82, 2.24) is 0 Å². The van der Waals surface area contributed by atoms with Crippen molar-refractivity contribution in [3.8, 4) is 0 Å². The maximum atomic E-state index is 10.6. The molecule has 4 nitrogen and oxygen atoms in total. The van der Waals surface area contributed by atoms with Gasteiger partial charge in [0.1, 0.15) is 0 Å². The number of amides is 1. The smallest absolute Gasteiger partial charge is 0.211 e. The number of hydrogen-bond donors (Lipinski definition) is 1. The first-order valence-electron chi connectivity index (χ1n) is 7.12. The molecule has 1 aliphatic heterocycles. The zero-order valence-corrected chi connectivity index (χ0v) is 12.1. The summed E-state index contributed by atoms with van der Waals surface area (Å²) in [4.78, 5) is 15.3. The lowest BCUT2D eigenvalue weighted by Crippen LogP contribution is -2.38. The summed E-state index contributed by atoms with van der Waals surface area (Å²) in [6.07, 6.45) is 0.718. The summed E-state index contributed by atoms with van der Waals surface area (Å²) in [5.41, 5.74) is 4.49. The molecule has 0 radical (unpaired) electrons. The van der Waals surface area contributed by atoms with E-state index in [1.807, 2.05) is 18.2 Å². The van der Waals surface area contributed by atoms with Crippen LogP contribution in [-0.2, 0) is 11.3 Å². The highest BCUT2D eigenvalue weighted by Gasteiger charge is 2.20. The average Bonchev–Trinajstić information content (AvgIpc) is 2.52. The molecule has 1 N–H and O–H groups in total. The third-order valence-corrected chi connectivity index (χ3v) is 3.87. The molecule has 0 saturated heterocycles. The van der Waals surface area contributed by atoms with Crippen LogP contribution < -0.4 is 15.1 Å². The summed E-state index contributed by atoms with van der Waals surface area (Å²) < 4.78 is 0. The van der Waals surface area contributed by atoms with Gasteiger partial charge < -0.3 is 15.1 Å². The molecule has 0 aromatic heterocycles. The van der Waals surface area contributed by atoms with Gasteiger partial charge in [0.2, 0.25) is 6.41 Å². The topological polar surface area (TPSA) is 35.6 Å². The number of fused-ring (bicyclic) bond motifs is 1. The highest BCUT2D eigenvalue weighted by molar-refractivity contribution is 5.81. The highest BCUT2D eigenvalue weighted by atomic mass is 16.1. The van der Waals surface area contributed by atoms with Gasteiger partial charge in [0.15, 0.2) is 0 Å². The molecule has 2 aromatic carbocycles. The van der Waals surface area contributed by atoms with Crippen LogP contribution in [0.5, 0.6) is 0 Å². The van der Waals surface area contributed by atoms with Gasteiger partial charge in [-0.15, -0.1) is 0 Å². The number of nitrogens with zero attached hydrogens (tertiary/aromatic N) is 2. The van der Waals surface area contributed by atoms with Crippen molar-refractivity contribution >= 4 is 23.5 Å². The summed E-state index contributed by atoms with van der Waals surface area (Å²) in [6, 6.07) is 16.5. The molecule has 108 valence electrons. The van der Waals surface area contributed by atoms with Crippen molar-refractivity contribution < 1.29 is 4.79 Å². The van der Waals surface area contributed by atoms with Crippen molar-refractivity contribution in [1.29, 1.82) is 0 Å². The Bertz CT molecular complexity index is 627. The molecule has 0 aliphatic carbocycles. The Kier molecular flexibility index (Phi) is 3.77. The van der Waals surface area contributed by atoms with Crippen molar-refractivity contribution in [3.05, 3.63) is 54.1 Å². The third kappa shape index (κ3) is 2.84. The number of likely N-dealkylation sites (N-methyl/N-ethyl adjacent to an activating group) is 1. The molecule has 3 rings (SSSR count). The number of anilines is 3. The first-order chi connectivity index (χ1) is 10.3. The van der Waals surface area contributed by atoms with Gasteiger partial charge in [-0.1, -0.05) is 30.3 Å². The predicted octanol–water partition coefficient (Wildman–Crippen LogP) is 2.71. The molecular weight excluding hydrogens is 262 g/mol. The normalized spacial score (nSPS) is 13.8. The van der Waals surface area contributed by atoms with Crippen LogP contribution in [-0.4, -0.2) is 26.5 Å². The summed E-state index contributed by atoms with van der Waals surface area (Å²) in [6.45, 7) is 2.86. The first-order valence-corrected chi connectivity index (χ1v) is 7.12. The Labute approximate surface area is 125 Å². The summed E-state index contributed by atoms with van der Waals surface area (Å²) in [7, 11) is 2.10. The van der Waals surface area contributed by atoms with Gasteiger partial charge >= 0.3 is 0 Å². The molecule has 0 atom stereocenters. The van der Waals surface area contributed by atoms with Gasteiger partial charge in [-0.05, 0) is 23.8 Å². The van der Waals surface area contributed by atoms with Gasteiger partial charge in [0.25, 0.3) is 0 Å². The zero-order valence-electron chi connectivity index (χ0n) is 12.1. The lowest BCUT2D eigenvalue weighted by Gasteiger charge is -2.37. The summed E-state index contributed by atoms with van der Waals surface area (Å²) >= 11 is 0.